The summed E-state index contributed by atoms with van der Waals surface area (Å²) in [5, 5.41) is 14.7. The Morgan fingerprint density at radius 2 is 2.04 bits per heavy atom. The molecule has 2 N–H and O–H groups in total. The Morgan fingerprint density at radius 1 is 1.31 bits per heavy atom. The lowest BCUT2D eigenvalue weighted by molar-refractivity contribution is 0.0945. The fraction of sp³-hybridized carbons (Fsp3) is 0.526. The van der Waals surface area contributed by atoms with Crippen LogP contribution < -0.4 is 10.6 Å². The quantitative estimate of drug-likeness (QED) is 0.820. The summed E-state index contributed by atoms with van der Waals surface area (Å²) in [5.74, 6) is -0.166. The molecule has 0 unspecified atom stereocenters. The van der Waals surface area contributed by atoms with E-state index in [0.29, 0.717) is 18.3 Å². The predicted molar refractivity (Wildman–Crippen MR) is 101 cm³/mol. The molecule has 1 aliphatic heterocycles. The van der Waals surface area contributed by atoms with Gasteiger partial charge in [0.2, 0.25) is 0 Å². The van der Waals surface area contributed by atoms with Gasteiger partial charge < -0.3 is 15.5 Å². The van der Waals surface area contributed by atoms with Crippen LogP contribution in [0.5, 0.6) is 0 Å². The van der Waals surface area contributed by atoms with Gasteiger partial charge in [-0.15, -0.1) is 5.10 Å². The van der Waals surface area contributed by atoms with Crippen molar-refractivity contribution in [3.8, 4) is 0 Å². The average Bonchev–Trinajstić information content (AvgIpc) is 3.02. The highest BCUT2D eigenvalue weighted by molar-refractivity contribution is 5.93. The topological polar surface area (TPSA) is 75.1 Å². The molecule has 3 rings (SSSR count). The maximum atomic E-state index is 12.6. The van der Waals surface area contributed by atoms with Gasteiger partial charge in [-0.25, -0.2) is 4.68 Å². The van der Waals surface area contributed by atoms with E-state index < -0.39 is 0 Å². The smallest absolute Gasteiger partial charge is 0.274 e. The number of carbonyl (C=O) groups is 1. The number of nitrogens with zero attached hydrogens (tertiary/aromatic N) is 4. The minimum absolute atomic E-state index is 0.166. The lowest BCUT2D eigenvalue weighted by Gasteiger charge is -2.23. The fourth-order valence-corrected chi connectivity index (χ4v) is 3.42. The number of piperidine rings is 1. The molecule has 0 spiro atoms. The van der Waals surface area contributed by atoms with Crippen molar-refractivity contribution < 1.29 is 4.79 Å². The van der Waals surface area contributed by atoms with Crippen LogP contribution in [0, 0.1) is 6.92 Å². The first-order valence-electron chi connectivity index (χ1n) is 9.18. The number of rotatable bonds is 6. The standard InChI is InChI=1S/C19H28N6O/c1-14-18(22-23-25(14)17-7-9-20-10-8-17)19(26)21-12-15-5-4-6-16(11-15)13-24(2)3/h4-6,11,17,20H,7-10,12-13H2,1-3H3,(H,21,26). The van der Waals surface area contributed by atoms with Crippen LogP contribution in [-0.2, 0) is 13.1 Å². The van der Waals surface area contributed by atoms with Crippen molar-refractivity contribution in [3.05, 3.63) is 46.8 Å². The minimum atomic E-state index is -0.166. The summed E-state index contributed by atoms with van der Waals surface area (Å²) in [5.41, 5.74) is 3.58. The first-order valence-corrected chi connectivity index (χ1v) is 9.18. The molecular formula is C19H28N6O. The zero-order valence-corrected chi connectivity index (χ0v) is 15.8. The summed E-state index contributed by atoms with van der Waals surface area (Å²) in [6.07, 6.45) is 2.04. The molecular weight excluding hydrogens is 328 g/mol. The highest BCUT2D eigenvalue weighted by atomic mass is 16.2. The number of benzene rings is 1. The van der Waals surface area contributed by atoms with E-state index in [1.54, 1.807) is 0 Å². The van der Waals surface area contributed by atoms with Crippen molar-refractivity contribution in [1.29, 1.82) is 0 Å². The number of nitrogens with one attached hydrogen (secondary N) is 2. The van der Waals surface area contributed by atoms with Crippen LogP contribution in [0.4, 0.5) is 0 Å². The molecule has 1 fully saturated rings. The summed E-state index contributed by atoms with van der Waals surface area (Å²) < 4.78 is 1.91. The normalized spacial score (nSPS) is 15.4. The largest absolute Gasteiger partial charge is 0.347 e. The molecule has 1 aliphatic rings. The van der Waals surface area contributed by atoms with Crippen molar-refractivity contribution >= 4 is 5.91 Å². The summed E-state index contributed by atoms with van der Waals surface area (Å²) >= 11 is 0. The van der Waals surface area contributed by atoms with Gasteiger partial charge in [0.25, 0.3) is 5.91 Å². The molecule has 140 valence electrons. The highest BCUT2D eigenvalue weighted by Gasteiger charge is 2.22. The van der Waals surface area contributed by atoms with E-state index >= 15 is 0 Å². The maximum Gasteiger partial charge on any atom is 0.274 e. The zero-order chi connectivity index (χ0) is 18.5. The van der Waals surface area contributed by atoms with Gasteiger partial charge >= 0.3 is 0 Å². The number of hydrogen-bond donors (Lipinski definition) is 2. The van der Waals surface area contributed by atoms with Crippen LogP contribution in [0.3, 0.4) is 0 Å². The van der Waals surface area contributed by atoms with Gasteiger partial charge in [0.1, 0.15) is 0 Å². The molecule has 1 amide bonds. The van der Waals surface area contributed by atoms with Gasteiger partial charge in [-0.1, -0.05) is 29.5 Å². The molecule has 1 aromatic carbocycles. The summed E-state index contributed by atoms with van der Waals surface area (Å²) in [7, 11) is 4.09. The Kier molecular flexibility index (Phi) is 6.00. The van der Waals surface area contributed by atoms with Gasteiger partial charge in [0.15, 0.2) is 5.69 Å². The molecule has 2 aromatic rings. The fourth-order valence-electron chi connectivity index (χ4n) is 3.42. The van der Waals surface area contributed by atoms with E-state index in [4.69, 9.17) is 0 Å². The van der Waals surface area contributed by atoms with Crippen LogP contribution >= 0.6 is 0 Å². The van der Waals surface area contributed by atoms with E-state index in [1.165, 1.54) is 5.56 Å². The first-order chi connectivity index (χ1) is 12.5. The van der Waals surface area contributed by atoms with Crippen molar-refractivity contribution in [3.63, 3.8) is 0 Å². The minimum Gasteiger partial charge on any atom is -0.347 e. The first kappa shape index (κ1) is 18.5. The van der Waals surface area contributed by atoms with E-state index in [9.17, 15) is 4.79 Å². The van der Waals surface area contributed by atoms with E-state index in [1.807, 2.05) is 37.8 Å². The molecule has 2 heterocycles. The highest BCUT2D eigenvalue weighted by Crippen LogP contribution is 2.20. The molecule has 0 bridgehead atoms. The predicted octanol–water partition coefficient (Wildman–Crippen LogP) is 1.50. The third kappa shape index (κ3) is 4.47. The summed E-state index contributed by atoms with van der Waals surface area (Å²) in [6, 6.07) is 8.60. The molecule has 0 saturated carbocycles. The van der Waals surface area contributed by atoms with Crippen molar-refractivity contribution in [2.75, 3.05) is 27.2 Å². The monoisotopic (exact) mass is 356 g/mol. The third-order valence-electron chi connectivity index (χ3n) is 4.74. The van der Waals surface area contributed by atoms with Crippen molar-refractivity contribution in [1.82, 2.24) is 30.5 Å². The Hall–Kier alpha value is -2.25. The van der Waals surface area contributed by atoms with E-state index in [-0.39, 0.29) is 5.91 Å². The third-order valence-corrected chi connectivity index (χ3v) is 4.74. The lowest BCUT2D eigenvalue weighted by atomic mass is 10.1. The number of amides is 1. The second kappa shape index (κ2) is 8.42. The molecule has 1 saturated heterocycles. The van der Waals surface area contributed by atoms with Crippen LogP contribution in [0.15, 0.2) is 24.3 Å². The second-order valence-electron chi connectivity index (χ2n) is 7.19. The summed E-state index contributed by atoms with van der Waals surface area (Å²) in [4.78, 5) is 14.7. The van der Waals surface area contributed by atoms with Gasteiger partial charge in [-0.05, 0) is 58.1 Å². The molecule has 7 nitrogen and oxygen atoms in total. The Morgan fingerprint density at radius 3 is 2.77 bits per heavy atom. The van der Waals surface area contributed by atoms with Gasteiger partial charge in [-0.2, -0.15) is 0 Å². The number of hydrogen-bond acceptors (Lipinski definition) is 5. The number of carbonyl (C=O) groups excluding carboxylic acids is 1. The van der Waals surface area contributed by atoms with Crippen molar-refractivity contribution in [2.45, 2.75) is 38.9 Å². The van der Waals surface area contributed by atoms with Crippen LogP contribution in [0.1, 0.15) is 46.2 Å². The lowest BCUT2D eigenvalue weighted by Crippen LogP contribution is -2.30. The zero-order valence-electron chi connectivity index (χ0n) is 15.8. The summed E-state index contributed by atoms with van der Waals surface area (Å²) in [6.45, 7) is 5.25. The van der Waals surface area contributed by atoms with Gasteiger partial charge in [0.05, 0.1) is 11.7 Å². The van der Waals surface area contributed by atoms with Crippen LogP contribution in [0.25, 0.3) is 0 Å². The Labute approximate surface area is 154 Å². The van der Waals surface area contributed by atoms with Crippen LogP contribution in [-0.4, -0.2) is 53.0 Å². The number of aromatic nitrogens is 3. The molecule has 1 aromatic heterocycles. The van der Waals surface area contributed by atoms with E-state index in [0.717, 1.165) is 43.7 Å². The molecule has 26 heavy (non-hydrogen) atoms. The Bertz CT molecular complexity index is 748. The van der Waals surface area contributed by atoms with Gasteiger partial charge in [0, 0.05) is 13.1 Å². The SMILES string of the molecule is Cc1c(C(=O)NCc2cccc(CN(C)C)c2)nnn1C1CCNCC1. The van der Waals surface area contributed by atoms with E-state index in [2.05, 4.69) is 38.0 Å². The molecule has 0 radical (unpaired) electrons. The molecule has 0 aliphatic carbocycles. The second-order valence-corrected chi connectivity index (χ2v) is 7.19. The maximum absolute atomic E-state index is 12.6. The van der Waals surface area contributed by atoms with Gasteiger partial charge in [-0.3, -0.25) is 4.79 Å². The molecule has 7 heteroatoms. The van der Waals surface area contributed by atoms with Crippen molar-refractivity contribution in [2.24, 2.45) is 0 Å². The Balaban J connectivity index is 1.63. The molecule has 0 atom stereocenters. The van der Waals surface area contributed by atoms with Crippen LogP contribution in [0.2, 0.25) is 0 Å². The average molecular weight is 356 g/mol.